The molecule has 0 spiro atoms. The van der Waals surface area contributed by atoms with Gasteiger partial charge in [-0.1, -0.05) is 20.8 Å². The van der Waals surface area contributed by atoms with Crippen molar-refractivity contribution < 1.29 is 4.79 Å². The van der Waals surface area contributed by atoms with Crippen molar-refractivity contribution in [2.24, 2.45) is 0 Å². The van der Waals surface area contributed by atoms with Crippen LogP contribution in [0.4, 0.5) is 0 Å². The van der Waals surface area contributed by atoms with Crippen LogP contribution in [0, 0.1) is 0 Å². The summed E-state index contributed by atoms with van der Waals surface area (Å²) in [6.07, 6.45) is 1.61. The van der Waals surface area contributed by atoms with Gasteiger partial charge in [0, 0.05) is 31.9 Å². The zero-order valence-corrected chi connectivity index (χ0v) is 17.1. The molecule has 152 valence electrons. The van der Waals surface area contributed by atoms with Gasteiger partial charge in [-0.25, -0.2) is 9.78 Å². The minimum atomic E-state index is -0.551. The van der Waals surface area contributed by atoms with Gasteiger partial charge in [-0.15, -0.1) is 0 Å². The molecule has 0 saturated carbocycles. The highest BCUT2D eigenvalue weighted by atomic mass is 16.2. The molecule has 1 aliphatic rings. The molecule has 2 aromatic rings. The molecule has 1 amide bonds. The van der Waals surface area contributed by atoms with Crippen LogP contribution in [0.2, 0.25) is 0 Å². The monoisotopic (exact) mass is 387 g/mol. The van der Waals surface area contributed by atoms with Gasteiger partial charge in [-0.3, -0.25) is 19.1 Å². The third-order valence-electron chi connectivity index (χ3n) is 5.24. The molecule has 0 atom stereocenters. The molecule has 8 heteroatoms. The lowest BCUT2D eigenvalue weighted by atomic mass is 10.0. The van der Waals surface area contributed by atoms with Crippen LogP contribution in [0.25, 0.3) is 11.0 Å². The summed E-state index contributed by atoms with van der Waals surface area (Å²) >= 11 is 0. The number of fused-ring (bicyclic) bond motifs is 1. The van der Waals surface area contributed by atoms with Crippen LogP contribution >= 0.6 is 0 Å². The Bertz CT molecular complexity index is 992. The van der Waals surface area contributed by atoms with E-state index in [2.05, 4.69) is 14.9 Å². The summed E-state index contributed by atoms with van der Waals surface area (Å²) < 4.78 is 1.47. The third-order valence-corrected chi connectivity index (χ3v) is 5.24. The van der Waals surface area contributed by atoms with Crippen LogP contribution in [0.3, 0.4) is 0 Å². The molecule has 28 heavy (non-hydrogen) atoms. The number of hydrogen-bond donors (Lipinski definition) is 1. The summed E-state index contributed by atoms with van der Waals surface area (Å²) in [7, 11) is 2.04. The number of amides is 1. The maximum absolute atomic E-state index is 13.4. The number of aromatic nitrogens is 3. The number of aromatic amines is 1. The topological polar surface area (TPSA) is 91.3 Å². The second-order valence-electron chi connectivity index (χ2n) is 7.81. The van der Waals surface area contributed by atoms with Crippen LogP contribution in [0.15, 0.2) is 15.7 Å². The van der Waals surface area contributed by atoms with Gasteiger partial charge in [0.05, 0.1) is 10.9 Å². The van der Waals surface area contributed by atoms with Crippen molar-refractivity contribution in [2.45, 2.75) is 46.1 Å². The lowest BCUT2D eigenvalue weighted by Gasteiger charge is -2.22. The van der Waals surface area contributed by atoms with E-state index in [-0.39, 0.29) is 17.2 Å². The van der Waals surface area contributed by atoms with Crippen LogP contribution in [-0.2, 0) is 6.54 Å². The molecule has 0 aromatic carbocycles. The first-order chi connectivity index (χ1) is 13.3. The van der Waals surface area contributed by atoms with E-state index in [0.717, 1.165) is 25.9 Å². The highest BCUT2D eigenvalue weighted by Crippen LogP contribution is 2.21. The van der Waals surface area contributed by atoms with E-state index >= 15 is 0 Å². The van der Waals surface area contributed by atoms with E-state index in [1.165, 1.54) is 4.57 Å². The van der Waals surface area contributed by atoms with E-state index in [9.17, 15) is 14.4 Å². The first-order valence-electron chi connectivity index (χ1n) is 9.99. The highest BCUT2D eigenvalue weighted by Gasteiger charge is 2.25. The Kier molecular flexibility index (Phi) is 5.98. The molecular formula is C20H29N5O3. The summed E-state index contributed by atoms with van der Waals surface area (Å²) in [5.74, 6) is -0.104. The molecule has 0 unspecified atom stereocenters. The normalized spacial score (nSPS) is 16.0. The molecule has 0 bridgehead atoms. The van der Waals surface area contributed by atoms with Gasteiger partial charge in [0.2, 0.25) is 0 Å². The zero-order valence-electron chi connectivity index (χ0n) is 17.1. The molecular weight excluding hydrogens is 358 g/mol. The largest absolute Gasteiger partial charge is 0.337 e. The van der Waals surface area contributed by atoms with Crippen LogP contribution in [0.1, 0.15) is 55.6 Å². The number of hydrogen-bond acceptors (Lipinski definition) is 5. The Morgan fingerprint density at radius 3 is 2.64 bits per heavy atom. The Morgan fingerprint density at radius 2 is 1.96 bits per heavy atom. The second-order valence-corrected chi connectivity index (χ2v) is 7.81. The average molecular weight is 387 g/mol. The predicted octanol–water partition coefficient (Wildman–Crippen LogP) is 1.40. The Balaban J connectivity index is 2.23. The van der Waals surface area contributed by atoms with Crippen molar-refractivity contribution in [3.05, 3.63) is 38.2 Å². The molecule has 3 heterocycles. The average Bonchev–Trinajstić information content (AvgIpc) is 2.87. The summed E-state index contributed by atoms with van der Waals surface area (Å²) in [5.41, 5.74) is 0.312. The number of nitrogens with one attached hydrogen (secondary N) is 1. The molecule has 3 rings (SSSR count). The Morgan fingerprint density at radius 1 is 1.21 bits per heavy atom. The van der Waals surface area contributed by atoms with Crippen molar-refractivity contribution in [1.29, 1.82) is 0 Å². The number of H-pyrrole nitrogens is 1. The number of aryl methyl sites for hydroxylation is 1. The Labute approximate surface area is 164 Å². The Hall–Kier alpha value is -2.48. The van der Waals surface area contributed by atoms with Gasteiger partial charge < -0.3 is 9.80 Å². The molecule has 1 aliphatic heterocycles. The molecule has 1 fully saturated rings. The van der Waals surface area contributed by atoms with Gasteiger partial charge in [0.25, 0.3) is 11.5 Å². The number of carbonyl (C=O) groups is 1. The number of nitrogens with zero attached hydrogens (tertiary/aromatic N) is 4. The van der Waals surface area contributed by atoms with E-state index in [0.29, 0.717) is 36.5 Å². The maximum atomic E-state index is 13.4. The molecule has 1 saturated heterocycles. The fourth-order valence-corrected chi connectivity index (χ4v) is 3.61. The number of carbonyl (C=O) groups excluding carboxylic acids is 1. The summed E-state index contributed by atoms with van der Waals surface area (Å²) in [4.78, 5) is 49.4. The smallest absolute Gasteiger partial charge is 0.329 e. The van der Waals surface area contributed by atoms with E-state index < -0.39 is 11.2 Å². The molecule has 1 N–H and O–H groups in total. The van der Waals surface area contributed by atoms with E-state index in [1.54, 1.807) is 11.0 Å². The molecule has 0 aliphatic carbocycles. The quantitative estimate of drug-likeness (QED) is 0.856. The van der Waals surface area contributed by atoms with E-state index in [1.807, 2.05) is 27.8 Å². The summed E-state index contributed by atoms with van der Waals surface area (Å²) in [6.45, 7) is 9.35. The van der Waals surface area contributed by atoms with Gasteiger partial charge in [0.15, 0.2) is 5.65 Å². The standard InChI is InChI=1S/C20H29N5O3/c1-5-7-25-17-16(18(26)22-20(25)28)14(12-15(21-17)13(2)3)19(27)24-9-6-8-23(4)10-11-24/h12-13H,5-11H2,1-4H3,(H,22,26,28). The number of pyridine rings is 1. The summed E-state index contributed by atoms with van der Waals surface area (Å²) in [6, 6.07) is 1.72. The van der Waals surface area contributed by atoms with Crippen LogP contribution in [-0.4, -0.2) is 63.5 Å². The van der Waals surface area contributed by atoms with Gasteiger partial charge >= 0.3 is 5.69 Å². The first kappa shape index (κ1) is 20.3. The van der Waals surface area contributed by atoms with Gasteiger partial charge in [0.1, 0.15) is 0 Å². The SMILES string of the molecule is CCCn1c(=O)[nH]c(=O)c2c(C(=O)N3CCCN(C)CC3)cc(C(C)C)nc21. The highest BCUT2D eigenvalue weighted by molar-refractivity contribution is 6.05. The van der Waals surface area contributed by atoms with Crippen molar-refractivity contribution in [1.82, 2.24) is 24.3 Å². The van der Waals surface area contributed by atoms with Crippen molar-refractivity contribution in [3.63, 3.8) is 0 Å². The van der Waals surface area contributed by atoms with Crippen molar-refractivity contribution in [2.75, 3.05) is 33.2 Å². The molecule has 2 aromatic heterocycles. The van der Waals surface area contributed by atoms with Crippen molar-refractivity contribution >= 4 is 16.9 Å². The first-order valence-corrected chi connectivity index (χ1v) is 9.99. The maximum Gasteiger partial charge on any atom is 0.329 e. The predicted molar refractivity (Wildman–Crippen MR) is 109 cm³/mol. The zero-order chi connectivity index (χ0) is 20.4. The van der Waals surface area contributed by atoms with Gasteiger partial charge in [-0.05, 0) is 38.4 Å². The summed E-state index contributed by atoms with van der Waals surface area (Å²) in [5, 5.41) is 0.208. The third kappa shape index (κ3) is 3.87. The lowest BCUT2D eigenvalue weighted by Crippen LogP contribution is -2.37. The van der Waals surface area contributed by atoms with Crippen LogP contribution in [0.5, 0.6) is 0 Å². The molecule has 8 nitrogen and oxygen atoms in total. The van der Waals surface area contributed by atoms with Crippen LogP contribution < -0.4 is 11.2 Å². The van der Waals surface area contributed by atoms with E-state index in [4.69, 9.17) is 0 Å². The number of likely N-dealkylation sites (N-methyl/N-ethyl adjacent to an activating group) is 1. The van der Waals surface area contributed by atoms with Crippen molar-refractivity contribution in [3.8, 4) is 0 Å². The lowest BCUT2D eigenvalue weighted by molar-refractivity contribution is 0.0764. The minimum Gasteiger partial charge on any atom is -0.337 e. The fourth-order valence-electron chi connectivity index (χ4n) is 3.61. The fraction of sp³-hybridized carbons (Fsp3) is 0.600. The molecule has 0 radical (unpaired) electrons. The number of rotatable bonds is 4. The van der Waals surface area contributed by atoms with Gasteiger partial charge in [-0.2, -0.15) is 0 Å². The second kappa shape index (κ2) is 8.26. The minimum absolute atomic E-state index is 0.0654.